The summed E-state index contributed by atoms with van der Waals surface area (Å²) >= 11 is 5.95. The van der Waals surface area contributed by atoms with Crippen LogP contribution in [0.25, 0.3) is 11.6 Å². The van der Waals surface area contributed by atoms with Gasteiger partial charge in [-0.05, 0) is 53.7 Å². The molecule has 0 heterocycles. The van der Waals surface area contributed by atoms with Gasteiger partial charge in [0, 0.05) is 11.6 Å². The Hall–Kier alpha value is -1.57. The fraction of sp³-hybridized carbons (Fsp3) is 0.263. The van der Waals surface area contributed by atoms with E-state index in [1.165, 1.54) is 24.0 Å². The van der Waals surface area contributed by atoms with Crippen molar-refractivity contribution >= 4 is 23.3 Å². The van der Waals surface area contributed by atoms with Gasteiger partial charge in [0.05, 0.1) is 6.61 Å². The number of benzene rings is 2. The molecule has 2 aromatic rings. The van der Waals surface area contributed by atoms with E-state index in [-0.39, 0.29) is 0 Å². The lowest BCUT2D eigenvalue weighted by atomic mass is 10.0. The van der Waals surface area contributed by atoms with Crippen LogP contribution >= 0.6 is 11.6 Å². The predicted octanol–water partition coefficient (Wildman–Crippen LogP) is 5.31. The largest absolute Gasteiger partial charge is 0.376 e. The van der Waals surface area contributed by atoms with Crippen molar-refractivity contribution in [3.8, 4) is 0 Å². The Morgan fingerprint density at radius 2 is 1.76 bits per heavy atom. The van der Waals surface area contributed by atoms with Crippen molar-refractivity contribution in [2.45, 2.75) is 12.8 Å². The van der Waals surface area contributed by atoms with Crippen molar-refractivity contribution in [2.75, 3.05) is 13.2 Å². The molecule has 0 spiro atoms. The van der Waals surface area contributed by atoms with Gasteiger partial charge in [-0.2, -0.15) is 0 Å². The lowest BCUT2D eigenvalue weighted by Gasteiger charge is -2.09. The van der Waals surface area contributed by atoms with Gasteiger partial charge in [-0.1, -0.05) is 54.1 Å². The molecule has 108 valence electrons. The molecule has 0 N–H and O–H groups in total. The Morgan fingerprint density at radius 3 is 2.43 bits per heavy atom. The molecule has 1 saturated carbocycles. The molecule has 0 unspecified atom stereocenters. The molecule has 1 nitrogen and oxygen atoms in total. The molecular formula is C19H19ClO. The van der Waals surface area contributed by atoms with Gasteiger partial charge in [0.2, 0.25) is 0 Å². The molecule has 0 bridgehead atoms. The average molecular weight is 299 g/mol. The molecule has 1 aliphatic carbocycles. The molecule has 0 saturated heterocycles. The minimum absolute atomic E-state index is 0.656. The first-order chi connectivity index (χ1) is 10.3. The highest BCUT2D eigenvalue weighted by molar-refractivity contribution is 6.30. The molecular weight excluding hydrogens is 280 g/mol. The maximum absolute atomic E-state index is 5.95. The van der Waals surface area contributed by atoms with Gasteiger partial charge in [0.25, 0.3) is 0 Å². The van der Waals surface area contributed by atoms with Gasteiger partial charge < -0.3 is 4.74 Å². The van der Waals surface area contributed by atoms with Crippen molar-refractivity contribution in [1.29, 1.82) is 0 Å². The van der Waals surface area contributed by atoms with Crippen LogP contribution in [0.5, 0.6) is 0 Å². The third-order valence-electron chi connectivity index (χ3n) is 3.66. The van der Waals surface area contributed by atoms with Crippen molar-refractivity contribution in [1.82, 2.24) is 0 Å². The smallest absolute Gasteiger partial charge is 0.0723 e. The van der Waals surface area contributed by atoms with E-state index in [2.05, 4.69) is 30.3 Å². The van der Waals surface area contributed by atoms with E-state index >= 15 is 0 Å². The SMILES string of the molecule is Clc1ccc(/C=C(/COCC2CC2)c2ccccc2)cc1. The third kappa shape index (κ3) is 4.45. The number of ether oxygens (including phenoxy) is 1. The Morgan fingerprint density at radius 1 is 1.05 bits per heavy atom. The minimum atomic E-state index is 0.656. The van der Waals surface area contributed by atoms with E-state index in [0.29, 0.717) is 6.61 Å². The van der Waals surface area contributed by atoms with Crippen LogP contribution in [0, 0.1) is 5.92 Å². The van der Waals surface area contributed by atoms with Gasteiger partial charge in [0.1, 0.15) is 0 Å². The van der Waals surface area contributed by atoms with Crippen molar-refractivity contribution in [3.05, 3.63) is 70.7 Å². The number of rotatable bonds is 6. The van der Waals surface area contributed by atoms with Crippen molar-refractivity contribution in [3.63, 3.8) is 0 Å². The van der Waals surface area contributed by atoms with Gasteiger partial charge in [-0.25, -0.2) is 0 Å². The van der Waals surface area contributed by atoms with E-state index in [9.17, 15) is 0 Å². The highest BCUT2D eigenvalue weighted by Gasteiger charge is 2.21. The standard InChI is InChI=1S/C19H19ClO/c20-19-10-8-15(9-11-19)12-18(14-21-13-16-6-7-16)17-4-2-1-3-5-17/h1-5,8-12,16H,6-7,13-14H2/b18-12-. The molecule has 2 heteroatoms. The van der Waals surface area contributed by atoms with Crippen molar-refractivity contribution < 1.29 is 4.74 Å². The van der Waals surface area contributed by atoms with Crippen LogP contribution in [0.4, 0.5) is 0 Å². The van der Waals surface area contributed by atoms with E-state index in [4.69, 9.17) is 16.3 Å². The van der Waals surface area contributed by atoms with Crippen LogP contribution in [0.1, 0.15) is 24.0 Å². The molecule has 0 aromatic heterocycles. The maximum Gasteiger partial charge on any atom is 0.0723 e. The molecule has 3 rings (SSSR count). The van der Waals surface area contributed by atoms with E-state index < -0.39 is 0 Å². The first kappa shape index (κ1) is 14.4. The number of hydrogen-bond donors (Lipinski definition) is 0. The maximum atomic E-state index is 5.95. The first-order valence-corrected chi connectivity index (χ1v) is 7.78. The Labute approximate surface area is 131 Å². The molecule has 0 amide bonds. The van der Waals surface area contributed by atoms with Crippen LogP contribution in [0.2, 0.25) is 5.02 Å². The highest BCUT2D eigenvalue weighted by atomic mass is 35.5. The Bertz CT molecular complexity index is 597. The fourth-order valence-corrected chi connectivity index (χ4v) is 2.37. The minimum Gasteiger partial charge on any atom is -0.376 e. The zero-order valence-corrected chi connectivity index (χ0v) is 12.7. The van der Waals surface area contributed by atoms with E-state index in [0.717, 1.165) is 23.1 Å². The second kappa shape index (κ2) is 6.93. The molecule has 21 heavy (non-hydrogen) atoms. The summed E-state index contributed by atoms with van der Waals surface area (Å²) in [7, 11) is 0. The Kier molecular flexibility index (Phi) is 4.74. The summed E-state index contributed by atoms with van der Waals surface area (Å²) in [6.07, 6.45) is 4.82. The zero-order chi connectivity index (χ0) is 14.5. The monoisotopic (exact) mass is 298 g/mol. The second-order valence-corrected chi connectivity index (χ2v) is 5.98. The fourth-order valence-electron chi connectivity index (χ4n) is 2.24. The second-order valence-electron chi connectivity index (χ2n) is 5.55. The topological polar surface area (TPSA) is 9.23 Å². The lowest BCUT2D eigenvalue weighted by molar-refractivity contribution is 0.156. The van der Waals surface area contributed by atoms with Crippen LogP contribution < -0.4 is 0 Å². The third-order valence-corrected chi connectivity index (χ3v) is 3.92. The van der Waals surface area contributed by atoms with Gasteiger partial charge in [0.15, 0.2) is 0 Å². The van der Waals surface area contributed by atoms with E-state index in [1.807, 2.05) is 30.3 Å². The summed E-state index contributed by atoms with van der Waals surface area (Å²) in [5.74, 6) is 0.789. The van der Waals surface area contributed by atoms with E-state index in [1.54, 1.807) is 0 Å². The van der Waals surface area contributed by atoms with Gasteiger partial charge in [-0.15, -0.1) is 0 Å². The number of halogens is 1. The van der Waals surface area contributed by atoms with Crippen LogP contribution in [0.15, 0.2) is 54.6 Å². The zero-order valence-electron chi connectivity index (χ0n) is 12.0. The summed E-state index contributed by atoms with van der Waals surface area (Å²) in [4.78, 5) is 0. The quantitative estimate of drug-likeness (QED) is 0.657. The highest BCUT2D eigenvalue weighted by Crippen LogP contribution is 2.29. The van der Waals surface area contributed by atoms with Crippen molar-refractivity contribution in [2.24, 2.45) is 5.92 Å². The summed E-state index contributed by atoms with van der Waals surface area (Å²) < 4.78 is 5.88. The normalized spacial score (nSPS) is 15.2. The summed E-state index contributed by atoms with van der Waals surface area (Å²) in [5, 5.41) is 0.762. The Balaban J connectivity index is 1.78. The molecule has 0 radical (unpaired) electrons. The van der Waals surface area contributed by atoms with Gasteiger partial charge in [-0.3, -0.25) is 0 Å². The molecule has 1 fully saturated rings. The lowest BCUT2D eigenvalue weighted by Crippen LogP contribution is -2.01. The average Bonchev–Trinajstić information content (AvgIpc) is 3.33. The first-order valence-electron chi connectivity index (χ1n) is 7.40. The number of hydrogen-bond acceptors (Lipinski definition) is 1. The summed E-state index contributed by atoms with van der Waals surface area (Å²) in [6, 6.07) is 18.3. The van der Waals surface area contributed by atoms with Crippen LogP contribution in [-0.2, 0) is 4.74 Å². The molecule has 0 atom stereocenters. The molecule has 1 aliphatic rings. The van der Waals surface area contributed by atoms with Gasteiger partial charge >= 0.3 is 0 Å². The summed E-state index contributed by atoms with van der Waals surface area (Å²) in [5.41, 5.74) is 3.56. The predicted molar refractivity (Wildman–Crippen MR) is 89.3 cm³/mol. The molecule has 2 aromatic carbocycles. The van der Waals surface area contributed by atoms with Crippen LogP contribution in [0.3, 0.4) is 0 Å². The molecule has 0 aliphatic heterocycles. The van der Waals surface area contributed by atoms with Crippen LogP contribution in [-0.4, -0.2) is 13.2 Å². The summed E-state index contributed by atoms with van der Waals surface area (Å²) in [6.45, 7) is 1.54.